The number of quaternary nitrogens is 1. The molecule has 0 heterocycles. The van der Waals surface area contributed by atoms with Gasteiger partial charge in [0.25, 0.3) is 0 Å². The first-order valence-corrected chi connectivity index (χ1v) is 8.45. The third-order valence-electron chi connectivity index (χ3n) is 4.89. The van der Waals surface area contributed by atoms with Crippen LogP contribution in [0, 0.1) is 12.7 Å². The molecule has 0 atom stereocenters. The van der Waals surface area contributed by atoms with Crippen LogP contribution in [-0.4, -0.2) is 31.3 Å². The van der Waals surface area contributed by atoms with Crippen LogP contribution in [0.5, 0.6) is 0 Å². The molecule has 1 aliphatic carbocycles. The number of likely N-dealkylation sites (N-methyl/N-ethyl adjacent to an activating group) is 1. The topological polar surface area (TPSA) is 28.5 Å². The molecule has 3 nitrogen and oxygen atoms in total. The number of hydrogen-bond acceptors (Lipinski definition) is 1. The minimum atomic E-state index is -0.214. The Kier molecular flexibility index (Phi) is 5.75. The summed E-state index contributed by atoms with van der Waals surface area (Å²) in [5, 5.41) is 6.98. The highest BCUT2D eigenvalue weighted by molar-refractivity contribution is 7.80. The van der Waals surface area contributed by atoms with E-state index in [9.17, 15) is 4.39 Å². The van der Waals surface area contributed by atoms with Gasteiger partial charge in [0.15, 0.2) is 5.11 Å². The van der Waals surface area contributed by atoms with Crippen molar-refractivity contribution in [3.05, 3.63) is 29.6 Å². The number of thiocarbonyl (C=S) groups is 1. The third-order valence-corrected chi connectivity index (χ3v) is 5.13. The van der Waals surface area contributed by atoms with Crippen LogP contribution >= 0.6 is 12.2 Å². The molecule has 0 amide bonds. The molecule has 2 rings (SSSR count). The maximum absolute atomic E-state index is 13.6. The fourth-order valence-corrected chi connectivity index (χ4v) is 3.37. The lowest BCUT2D eigenvalue weighted by Crippen LogP contribution is -3.16. The molecule has 0 bridgehead atoms. The minimum absolute atomic E-state index is 0.214. The molecule has 1 fully saturated rings. The molecular weight excluding hydrogens is 297 g/mol. The molecule has 0 aromatic heterocycles. The standard InChI is InChI=1S/C17H26FN3S/c1-13-7-8-14(11-15(13)18)20-16(22)19-12-17(21(2)3)9-5-4-6-10-17/h7-8,11H,4-6,9-10,12H2,1-3H3,(H2,19,20,22)/p+1. The smallest absolute Gasteiger partial charge is 0.171 e. The number of halogens is 1. The first kappa shape index (κ1) is 17.2. The van der Waals surface area contributed by atoms with Crippen molar-refractivity contribution in [1.29, 1.82) is 0 Å². The fraction of sp³-hybridized carbons (Fsp3) is 0.588. The van der Waals surface area contributed by atoms with Gasteiger partial charge in [-0.2, -0.15) is 0 Å². The molecule has 0 radical (unpaired) electrons. The number of aryl methyl sites for hydroxylation is 1. The van der Waals surface area contributed by atoms with Crippen molar-refractivity contribution >= 4 is 23.0 Å². The maximum atomic E-state index is 13.6. The van der Waals surface area contributed by atoms with Gasteiger partial charge in [-0.3, -0.25) is 0 Å². The van der Waals surface area contributed by atoms with Crippen LogP contribution in [0.3, 0.4) is 0 Å². The first-order valence-electron chi connectivity index (χ1n) is 8.05. The van der Waals surface area contributed by atoms with E-state index in [-0.39, 0.29) is 11.4 Å². The molecule has 0 spiro atoms. The highest BCUT2D eigenvalue weighted by Crippen LogP contribution is 2.25. The molecule has 1 saturated carbocycles. The van der Waals surface area contributed by atoms with E-state index in [1.807, 2.05) is 6.07 Å². The van der Waals surface area contributed by atoms with Crippen LogP contribution in [0.25, 0.3) is 0 Å². The van der Waals surface area contributed by atoms with E-state index in [1.54, 1.807) is 13.0 Å². The van der Waals surface area contributed by atoms with Crippen molar-refractivity contribution in [2.24, 2.45) is 0 Å². The number of benzene rings is 1. The number of anilines is 1. The summed E-state index contributed by atoms with van der Waals surface area (Å²) in [6, 6.07) is 5.09. The Balaban J connectivity index is 1.92. The van der Waals surface area contributed by atoms with Crippen molar-refractivity contribution in [2.75, 3.05) is 26.0 Å². The summed E-state index contributed by atoms with van der Waals surface area (Å²) < 4.78 is 13.6. The van der Waals surface area contributed by atoms with E-state index in [0.29, 0.717) is 16.4 Å². The van der Waals surface area contributed by atoms with E-state index in [4.69, 9.17) is 12.2 Å². The van der Waals surface area contributed by atoms with Gasteiger partial charge in [-0.25, -0.2) is 4.39 Å². The van der Waals surface area contributed by atoms with Crippen LogP contribution in [0.15, 0.2) is 18.2 Å². The van der Waals surface area contributed by atoms with E-state index in [2.05, 4.69) is 24.7 Å². The fourth-order valence-electron chi connectivity index (χ4n) is 3.18. The van der Waals surface area contributed by atoms with Gasteiger partial charge < -0.3 is 15.5 Å². The van der Waals surface area contributed by atoms with Gasteiger partial charge in [0, 0.05) is 18.5 Å². The van der Waals surface area contributed by atoms with Crippen LogP contribution < -0.4 is 15.5 Å². The Hall–Kier alpha value is -1.20. The second kappa shape index (κ2) is 7.38. The average molecular weight is 324 g/mol. The Morgan fingerprint density at radius 1 is 1.27 bits per heavy atom. The third kappa shape index (κ3) is 4.17. The number of rotatable bonds is 4. The predicted octanol–water partition coefficient (Wildman–Crippen LogP) is 2.27. The summed E-state index contributed by atoms with van der Waals surface area (Å²) >= 11 is 5.36. The normalized spacial score (nSPS) is 17.3. The lowest BCUT2D eigenvalue weighted by molar-refractivity contribution is -0.916. The molecule has 5 heteroatoms. The zero-order chi connectivity index (χ0) is 16.2. The quantitative estimate of drug-likeness (QED) is 0.742. The molecule has 22 heavy (non-hydrogen) atoms. The van der Waals surface area contributed by atoms with Crippen LogP contribution in [0.4, 0.5) is 10.1 Å². The zero-order valence-electron chi connectivity index (χ0n) is 13.8. The van der Waals surface area contributed by atoms with E-state index in [0.717, 1.165) is 6.54 Å². The summed E-state index contributed by atoms with van der Waals surface area (Å²) in [4.78, 5) is 1.48. The van der Waals surface area contributed by atoms with Crippen molar-refractivity contribution in [3.63, 3.8) is 0 Å². The zero-order valence-corrected chi connectivity index (χ0v) is 14.6. The Bertz CT molecular complexity index is 525. The largest absolute Gasteiger partial charge is 0.356 e. The summed E-state index contributed by atoms with van der Waals surface area (Å²) in [6.45, 7) is 2.61. The average Bonchev–Trinajstić information content (AvgIpc) is 2.50. The first-order chi connectivity index (χ1) is 10.4. The summed E-state index contributed by atoms with van der Waals surface area (Å²) in [7, 11) is 4.44. The maximum Gasteiger partial charge on any atom is 0.171 e. The van der Waals surface area contributed by atoms with Gasteiger partial charge in [-0.15, -0.1) is 0 Å². The predicted molar refractivity (Wildman–Crippen MR) is 94.0 cm³/mol. The minimum Gasteiger partial charge on any atom is -0.356 e. The SMILES string of the molecule is Cc1ccc(NC(=S)NCC2([NH+](C)C)CCCCC2)cc1F. The van der Waals surface area contributed by atoms with Crippen molar-refractivity contribution in [3.8, 4) is 0 Å². The molecule has 1 aromatic rings. The molecular formula is C17H27FN3S+. The van der Waals surface area contributed by atoms with E-state index >= 15 is 0 Å². The van der Waals surface area contributed by atoms with Gasteiger partial charge in [0.2, 0.25) is 0 Å². The summed E-state index contributed by atoms with van der Waals surface area (Å²) in [6.07, 6.45) is 6.36. The Morgan fingerprint density at radius 2 is 1.95 bits per heavy atom. The lowest BCUT2D eigenvalue weighted by Gasteiger charge is -2.40. The summed E-state index contributed by atoms with van der Waals surface area (Å²) in [5.41, 5.74) is 1.58. The van der Waals surface area contributed by atoms with Gasteiger partial charge in [-0.1, -0.05) is 12.5 Å². The lowest BCUT2D eigenvalue weighted by atomic mass is 9.80. The van der Waals surface area contributed by atoms with Crippen molar-refractivity contribution in [1.82, 2.24) is 5.32 Å². The highest BCUT2D eigenvalue weighted by Gasteiger charge is 2.37. The molecule has 0 aliphatic heterocycles. The number of hydrogen-bond donors (Lipinski definition) is 3. The molecule has 0 saturated heterocycles. The highest BCUT2D eigenvalue weighted by atomic mass is 32.1. The van der Waals surface area contributed by atoms with Gasteiger partial charge >= 0.3 is 0 Å². The van der Waals surface area contributed by atoms with E-state index in [1.165, 1.54) is 43.1 Å². The molecule has 1 aliphatic rings. The Labute approximate surface area is 138 Å². The second-order valence-corrected chi connectivity index (χ2v) is 7.02. The van der Waals surface area contributed by atoms with Crippen molar-refractivity contribution in [2.45, 2.75) is 44.6 Å². The monoisotopic (exact) mass is 324 g/mol. The van der Waals surface area contributed by atoms with Gasteiger partial charge in [-0.05, 0) is 49.7 Å². The van der Waals surface area contributed by atoms with E-state index < -0.39 is 0 Å². The molecule has 1 aromatic carbocycles. The Morgan fingerprint density at radius 3 is 2.55 bits per heavy atom. The van der Waals surface area contributed by atoms with Crippen LogP contribution in [-0.2, 0) is 0 Å². The number of nitrogens with one attached hydrogen (secondary N) is 3. The van der Waals surface area contributed by atoms with Gasteiger partial charge in [0.1, 0.15) is 11.4 Å². The summed E-state index contributed by atoms with van der Waals surface area (Å²) in [5.74, 6) is -0.214. The van der Waals surface area contributed by atoms with Gasteiger partial charge in [0.05, 0.1) is 20.6 Å². The van der Waals surface area contributed by atoms with Crippen LogP contribution in [0.2, 0.25) is 0 Å². The van der Waals surface area contributed by atoms with Crippen LogP contribution in [0.1, 0.15) is 37.7 Å². The molecule has 122 valence electrons. The molecule has 0 unspecified atom stereocenters. The van der Waals surface area contributed by atoms with Crippen molar-refractivity contribution < 1.29 is 9.29 Å². The second-order valence-electron chi connectivity index (χ2n) is 6.61. The molecule has 3 N–H and O–H groups in total.